The summed E-state index contributed by atoms with van der Waals surface area (Å²) in [5.74, 6) is -0.0284. The summed E-state index contributed by atoms with van der Waals surface area (Å²) in [5, 5.41) is 6.86. The van der Waals surface area contributed by atoms with Gasteiger partial charge >= 0.3 is 0 Å². The van der Waals surface area contributed by atoms with Crippen molar-refractivity contribution in [3.8, 4) is 5.69 Å². The number of nitrogens with one attached hydrogen (secondary N) is 2. The van der Waals surface area contributed by atoms with Crippen molar-refractivity contribution in [1.82, 2.24) is 19.8 Å². The average Bonchev–Trinajstić information content (AvgIpc) is 2.87. The first-order valence-electron chi connectivity index (χ1n) is 12.8. The molecule has 2 N–H and O–H groups in total. The topological polar surface area (TPSA) is 106 Å². The minimum atomic E-state index is -0.243. The van der Waals surface area contributed by atoms with Gasteiger partial charge in [-0.1, -0.05) is 23.2 Å². The van der Waals surface area contributed by atoms with Crippen LogP contribution in [0.4, 0.5) is 5.95 Å². The number of aromatic nitrogens is 2. The molecule has 11 heteroatoms. The fourth-order valence-corrected chi connectivity index (χ4v) is 4.97. The van der Waals surface area contributed by atoms with Gasteiger partial charge in [-0.25, -0.2) is 9.55 Å². The number of hydrogen-bond acceptors (Lipinski definition) is 6. The van der Waals surface area contributed by atoms with Crippen molar-refractivity contribution >= 4 is 41.0 Å². The maximum absolute atomic E-state index is 13.9. The van der Waals surface area contributed by atoms with Gasteiger partial charge in [-0.3, -0.25) is 14.4 Å². The number of nitrogens with zero attached hydrogens (tertiary/aromatic N) is 3. The van der Waals surface area contributed by atoms with E-state index in [1.54, 1.807) is 47.4 Å². The van der Waals surface area contributed by atoms with E-state index in [9.17, 15) is 14.4 Å². The minimum absolute atomic E-state index is 0.00703. The molecule has 0 aliphatic carbocycles. The van der Waals surface area contributed by atoms with Crippen molar-refractivity contribution in [3.63, 3.8) is 0 Å². The summed E-state index contributed by atoms with van der Waals surface area (Å²) in [6.45, 7) is 7.02. The van der Waals surface area contributed by atoms with Gasteiger partial charge in [-0.2, -0.15) is 0 Å². The Labute approximate surface area is 236 Å². The summed E-state index contributed by atoms with van der Waals surface area (Å²) in [5.41, 5.74) is 2.39. The van der Waals surface area contributed by atoms with E-state index in [0.717, 1.165) is 0 Å². The summed E-state index contributed by atoms with van der Waals surface area (Å²) in [6, 6.07) is 11.4. The molecule has 0 radical (unpaired) electrons. The maximum atomic E-state index is 13.9. The van der Waals surface area contributed by atoms with Crippen molar-refractivity contribution in [3.05, 3.63) is 85.2 Å². The highest BCUT2D eigenvalue weighted by Gasteiger charge is 2.32. The number of anilines is 1. The smallest absolute Gasteiger partial charge is 0.263 e. The molecule has 2 aliphatic rings. The number of carbonyl (C=O) groups is 2. The zero-order valence-corrected chi connectivity index (χ0v) is 23.3. The molecule has 0 spiro atoms. The van der Waals surface area contributed by atoms with Crippen molar-refractivity contribution < 1.29 is 14.3 Å². The molecule has 3 heterocycles. The lowest BCUT2D eigenvalue weighted by Crippen LogP contribution is -2.48. The molecule has 0 bridgehead atoms. The van der Waals surface area contributed by atoms with Crippen LogP contribution in [0, 0.1) is 0 Å². The highest BCUT2D eigenvalue weighted by atomic mass is 35.5. The van der Waals surface area contributed by atoms with E-state index < -0.39 is 0 Å². The molecular formula is C28H29Cl2N5O4. The van der Waals surface area contributed by atoms with Crippen LogP contribution in [0.2, 0.25) is 10.0 Å². The number of benzene rings is 2. The Hall–Kier alpha value is -3.40. The lowest BCUT2D eigenvalue weighted by molar-refractivity contribution is -0.00346. The van der Waals surface area contributed by atoms with Gasteiger partial charge in [0.25, 0.3) is 17.4 Å². The lowest BCUT2D eigenvalue weighted by Gasteiger charge is -2.35. The summed E-state index contributed by atoms with van der Waals surface area (Å²) >= 11 is 12.2. The minimum Gasteiger partial charge on any atom is -0.377 e. The highest BCUT2D eigenvalue weighted by molar-refractivity contribution is 6.42. The van der Waals surface area contributed by atoms with Crippen molar-refractivity contribution in [2.75, 3.05) is 18.5 Å². The second-order valence-corrected chi connectivity index (χ2v) is 11.0. The first kappa shape index (κ1) is 27.2. The van der Waals surface area contributed by atoms with Crippen LogP contribution in [0.25, 0.3) is 5.69 Å². The molecular weight excluding hydrogens is 541 g/mol. The van der Waals surface area contributed by atoms with Crippen molar-refractivity contribution in [2.24, 2.45) is 0 Å². The van der Waals surface area contributed by atoms with Crippen LogP contribution in [0.5, 0.6) is 0 Å². The SMILES string of the molecule is CC(C)Nc1nc2c(c(=O)n1-c1ccc(C(=O)NC3COC3)cc1)C[C@@H](C)N(C(=O)c1ccc(Cl)c(Cl)c1)C2. The van der Waals surface area contributed by atoms with Gasteiger partial charge in [0.2, 0.25) is 5.95 Å². The Morgan fingerprint density at radius 1 is 1.05 bits per heavy atom. The molecule has 5 rings (SSSR count). The van der Waals surface area contributed by atoms with Crippen molar-refractivity contribution in [1.29, 1.82) is 0 Å². The molecule has 2 aliphatic heterocycles. The van der Waals surface area contributed by atoms with Crippen molar-refractivity contribution in [2.45, 2.75) is 51.9 Å². The Morgan fingerprint density at radius 3 is 2.36 bits per heavy atom. The van der Waals surface area contributed by atoms with E-state index in [-0.39, 0.29) is 42.0 Å². The van der Waals surface area contributed by atoms with Crippen LogP contribution in [0.15, 0.2) is 47.3 Å². The molecule has 0 unspecified atom stereocenters. The zero-order valence-electron chi connectivity index (χ0n) is 21.8. The normalized spacial score (nSPS) is 17.0. The summed E-state index contributed by atoms with van der Waals surface area (Å²) in [6.07, 6.45) is 0.347. The van der Waals surface area contributed by atoms with Crippen LogP contribution < -0.4 is 16.2 Å². The quantitative estimate of drug-likeness (QED) is 0.463. The van der Waals surface area contributed by atoms with Gasteiger partial charge < -0.3 is 20.3 Å². The molecule has 1 atom stereocenters. The van der Waals surface area contributed by atoms with Gasteiger partial charge in [0.05, 0.1) is 47.2 Å². The van der Waals surface area contributed by atoms with Gasteiger partial charge in [0.1, 0.15) is 0 Å². The molecule has 9 nitrogen and oxygen atoms in total. The number of hydrogen-bond donors (Lipinski definition) is 2. The average molecular weight is 570 g/mol. The monoisotopic (exact) mass is 569 g/mol. The molecule has 1 aromatic heterocycles. The first-order valence-corrected chi connectivity index (χ1v) is 13.5. The molecule has 1 fully saturated rings. The molecule has 3 aromatic rings. The van der Waals surface area contributed by atoms with E-state index >= 15 is 0 Å². The number of rotatable bonds is 6. The highest BCUT2D eigenvalue weighted by Crippen LogP contribution is 2.27. The Balaban J connectivity index is 1.47. The van der Waals surface area contributed by atoms with Gasteiger partial charge in [-0.05, 0) is 69.7 Å². The summed E-state index contributed by atoms with van der Waals surface area (Å²) in [7, 11) is 0. The third kappa shape index (κ3) is 5.52. The van der Waals surface area contributed by atoms with Crippen LogP contribution in [-0.2, 0) is 17.7 Å². The molecule has 39 heavy (non-hydrogen) atoms. The Morgan fingerprint density at radius 2 is 1.74 bits per heavy atom. The number of amides is 2. The second-order valence-electron chi connectivity index (χ2n) is 10.2. The molecule has 204 valence electrons. The third-order valence-electron chi connectivity index (χ3n) is 6.82. The van der Waals surface area contributed by atoms with Gasteiger partial charge in [0.15, 0.2) is 0 Å². The van der Waals surface area contributed by atoms with Crippen LogP contribution in [-0.4, -0.2) is 57.6 Å². The fourth-order valence-electron chi connectivity index (χ4n) is 4.67. The van der Waals surface area contributed by atoms with Crippen LogP contribution >= 0.6 is 23.2 Å². The van der Waals surface area contributed by atoms with E-state index in [1.165, 1.54) is 4.57 Å². The maximum Gasteiger partial charge on any atom is 0.263 e. The zero-order chi connectivity index (χ0) is 27.8. The van der Waals surface area contributed by atoms with E-state index in [0.29, 0.717) is 63.7 Å². The Kier molecular flexibility index (Phi) is 7.66. The first-order chi connectivity index (χ1) is 18.6. The lowest BCUT2D eigenvalue weighted by atomic mass is 9.98. The number of carbonyl (C=O) groups excluding carboxylic acids is 2. The van der Waals surface area contributed by atoms with E-state index in [2.05, 4.69) is 10.6 Å². The predicted octanol–water partition coefficient (Wildman–Crippen LogP) is 4.08. The van der Waals surface area contributed by atoms with E-state index in [4.69, 9.17) is 32.9 Å². The van der Waals surface area contributed by atoms with Crippen LogP contribution in [0.3, 0.4) is 0 Å². The molecule has 2 aromatic carbocycles. The van der Waals surface area contributed by atoms with Crippen LogP contribution in [0.1, 0.15) is 52.7 Å². The second kappa shape index (κ2) is 11.0. The Bertz CT molecular complexity index is 1480. The fraction of sp³-hybridized carbons (Fsp3) is 0.357. The number of fused-ring (bicyclic) bond motifs is 1. The molecule has 2 amide bonds. The number of halogens is 2. The third-order valence-corrected chi connectivity index (χ3v) is 7.56. The standard InChI is InChI=1S/C28H29Cl2N5O4/c1-15(2)31-28-33-24-12-34(26(37)18-6-9-22(29)23(30)11-18)16(3)10-21(24)27(38)35(28)20-7-4-17(5-8-20)25(36)32-19-13-39-14-19/h4-9,11,15-16,19H,10,12-14H2,1-3H3,(H,31,33)(H,32,36)/t16-/m1/s1. The van der Waals surface area contributed by atoms with Gasteiger partial charge in [0, 0.05) is 28.8 Å². The predicted molar refractivity (Wildman–Crippen MR) is 150 cm³/mol. The van der Waals surface area contributed by atoms with Gasteiger partial charge in [-0.15, -0.1) is 0 Å². The molecule has 0 saturated carbocycles. The summed E-state index contributed by atoms with van der Waals surface area (Å²) in [4.78, 5) is 46.2. The van der Waals surface area contributed by atoms with E-state index in [1.807, 2.05) is 20.8 Å². The number of ether oxygens (including phenoxy) is 1. The largest absolute Gasteiger partial charge is 0.377 e. The molecule has 1 saturated heterocycles. The summed E-state index contributed by atoms with van der Waals surface area (Å²) < 4.78 is 6.64.